The van der Waals surface area contributed by atoms with E-state index in [-0.39, 0.29) is 35.2 Å². The van der Waals surface area contributed by atoms with Crippen molar-refractivity contribution in [3.05, 3.63) is 23.8 Å². The van der Waals surface area contributed by atoms with Gasteiger partial charge in [-0.2, -0.15) is 0 Å². The van der Waals surface area contributed by atoms with Gasteiger partial charge in [-0.25, -0.2) is 0 Å². The highest BCUT2D eigenvalue weighted by molar-refractivity contribution is 6.83. The lowest BCUT2D eigenvalue weighted by Crippen LogP contribution is -2.59. The lowest BCUT2D eigenvalue weighted by molar-refractivity contribution is -0.148. The summed E-state index contributed by atoms with van der Waals surface area (Å²) in [7, 11) is -1.94. The van der Waals surface area contributed by atoms with Crippen molar-refractivity contribution in [1.82, 2.24) is 0 Å². The van der Waals surface area contributed by atoms with Crippen LogP contribution in [0.25, 0.3) is 0 Å². The molecule has 0 unspecified atom stereocenters. The number of rotatable bonds is 6. The van der Waals surface area contributed by atoms with Gasteiger partial charge in [-0.1, -0.05) is 71.5 Å². The second-order valence-electron chi connectivity index (χ2n) is 12.4. The van der Waals surface area contributed by atoms with E-state index in [9.17, 15) is 5.11 Å². The molecule has 0 bridgehead atoms. The van der Waals surface area contributed by atoms with Crippen LogP contribution >= 0.6 is 0 Å². The summed E-state index contributed by atoms with van der Waals surface area (Å²) in [6.45, 7) is 23.1. The fourth-order valence-electron chi connectivity index (χ4n) is 4.47. The highest BCUT2D eigenvalue weighted by atomic mass is 28.4. The highest BCUT2D eigenvalue weighted by Gasteiger charge is 2.58. The molecule has 0 radical (unpaired) electrons. The van der Waals surface area contributed by atoms with Crippen molar-refractivity contribution >= 4 is 16.4 Å². The molecule has 2 rings (SSSR count). The van der Waals surface area contributed by atoms with Crippen LogP contribution in [0.2, 0.25) is 37.8 Å². The van der Waals surface area contributed by atoms with Gasteiger partial charge < -0.3 is 19.0 Å². The maximum atomic E-state index is 12.1. The zero-order valence-electron chi connectivity index (χ0n) is 22.3. The molecule has 1 N–H and O–H groups in total. The van der Waals surface area contributed by atoms with Gasteiger partial charge in [0.25, 0.3) is 0 Å². The molecule has 4 nitrogen and oxygen atoms in total. The van der Waals surface area contributed by atoms with E-state index in [1.54, 1.807) is 7.11 Å². The molecule has 0 aromatic rings. The third kappa shape index (κ3) is 5.68. The average molecular weight is 479 g/mol. The van der Waals surface area contributed by atoms with Crippen molar-refractivity contribution in [2.75, 3.05) is 20.5 Å². The van der Waals surface area contributed by atoms with Gasteiger partial charge >= 0.3 is 0 Å². The Kier molecular flexibility index (Phi) is 8.20. The predicted octanol–water partition coefficient (Wildman–Crippen LogP) is 5.77. The first-order chi connectivity index (χ1) is 14.5. The van der Waals surface area contributed by atoms with Crippen LogP contribution in [0.15, 0.2) is 23.8 Å². The Labute approximate surface area is 198 Å². The highest BCUT2D eigenvalue weighted by Crippen LogP contribution is 2.55. The molecule has 0 amide bonds. The molecule has 6 heteroatoms. The van der Waals surface area contributed by atoms with Crippen LogP contribution in [0.1, 0.15) is 41.0 Å². The first-order valence-electron chi connectivity index (χ1n) is 11.8. The Morgan fingerprint density at radius 3 is 2.31 bits per heavy atom. The molecule has 0 saturated heterocycles. The molecule has 5 atom stereocenters. The van der Waals surface area contributed by atoms with Crippen LogP contribution in [0.5, 0.6) is 0 Å². The minimum absolute atomic E-state index is 0.155. The van der Waals surface area contributed by atoms with Crippen molar-refractivity contribution < 1.29 is 19.0 Å². The average Bonchev–Trinajstić information content (AvgIpc) is 2.65. The zero-order valence-corrected chi connectivity index (χ0v) is 24.3. The van der Waals surface area contributed by atoms with Crippen LogP contribution in [-0.2, 0) is 13.9 Å². The molecular formula is C26H46O4Si2. The molecule has 32 heavy (non-hydrogen) atoms. The summed E-state index contributed by atoms with van der Waals surface area (Å²) in [5, 5.41) is 12.3. The Bertz CT molecular complexity index is 793. The molecule has 0 saturated carbocycles. The van der Waals surface area contributed by atoms with Gasteiger partial charge in [0.1, 0.15) is 14.9 Å². The first kappa shape index (κ1) is 27.6. The summed E-state index contributed by atoms with van der Waals surface area (Å²) in [4.78, 5) is 0. The monoisotopic (exact) mass is 478 g/mol. The maximum absolute atomic E-state index is 12.1. The minimum Gasteiger partial charge on any atom is -0.416 e. The van der Waals surface area contributed by atoms with Gasteiger partial charge in [-0.15, -0.1) is 5.54 Å². The molecule has 182 valence electrons. The van der Waals surface area contributed by atoms with Crippen LogP contribution < -0.4 is 0 Å². The minimum atomic E-state index is -1.89. The number of hydrogen-bond acceptors (Lipinski definition) is 4. The SMILES string of the molecule is COCO[C@H]1C=C[C@H](CO[Si](C)(C)C(C)(C)C)[C@]2(C)CC=C(C)[C@](O)(C#C[Si](C)(C)C)[C@@H]12. The third-order valence-electron chi connectivity index (χ3n) is 7.75. The Hall–Kier alpha value is -0.686. The fourth-order valence-corrected chi connectivity index (χ4v) is 6.06. The topological polar surface area (TPSA) is 47.9 Å². The fraction of sp³-hybridized carbons (Fsp3) is 0.769. The number of ether oxygens (including phenoxy) is 2. The Morgan fingerprint density at radius 2 is 1.78 bits per heavy atom. The second-order valence-corrected chi connectivity index (χ2v) is 22.0. The second kappa shape index (κ2) is 9.52. The molecule has 2 aliphatic rings. The van der Waals surface area contributed by atoms with Gasteiger partial charge in [-0.3, -0.25) is 0 Å². The smallest absolute Gasteiger partial charge is 0.192 e. The molecule has 0 fully saturated rings. The van der Waals surface area contributed by atoms with Gasteiger partial charge in [-0.05, 0) is 42.5 Å². The summed E-state index contributed by atoms with van der Waals surface area (Å²) in [6.07, 6.45) is 7.12. The van der Waals surface area contributed by atoms with E-state index in [2.05, 4.69) is 90.1 Å². The summed E-state index contributed by atoms with van der Waals surface area (Å²) < 4.78 is 18.0. The third-order valence-corrected chi connectivity index (χ3v) is 13.1. The van der Waals surface area contributed by atoms with Gasteiger partial charge in [0.15, 0.2) is 13.9 Å². The van der Waals surface area contributed by atoms with Crippen LogP contribution in [0.4, 0.5) is 0 Å². The van der Waals surface area contributed by atoms with E-state index in [1.807, 2.05) is 6.92 Å². The van der Waals surface area contributed by atoms with Crippen molar-refractivity contribution in [3.8, 4) is 11.5 Å². The normalized spacial score (nSPS) is 33.2. The van der Waals surface area contributed by atoms with E-state index in [0.717, 1.165) is 12.0 Å². The van der Waals surface area contributed by atoms with E-state index in [0.29, 0.717) is 6.61 Å². The lowest BCUT2D eigenvalue weighted by Gasteiger charge is -2.55. The largest absolute Gasteiger partial charge is 0.416 e. The molecule has 0 aromatic heterocycles. The Balaban J connectivity index is 2.51. The number of aliphatic hydroxyl groups is 1. The van der Waals surface area contributed by atoms with E-state index < -0.39 is 22.0 Å². The molecule has 0 heterocycles. The molecule has 0 spiro atoms. The molecule has 2 aliphatic carbocycles. The van der Waals surface area contributed by atoms with E-state index in [1.165, 1.54) is 0 Å². The lowest BCUT2D eigenvalue weighted by atomic mass is 9.52. The van der Waals surface area contributed by atoms with Crippen molar-refractivity contribution in [3.63, 3.8) is 0 Å². The van der Waals surface area contributed by atoms with Crippen molar-refractivity contribution in [2.45, 2.75) is 90.5 Å². The predicted molar refractivity (Wildman–Crippen MR) is 139 cm³/mol. The Morgan fingerprint density at radius 1 is 1.16 bits per heavy atom. The van der Waals surface area contributed by atoms with E-state index in [4.69, 9.17) is 13.9 Å². The van der Waals surface area contributed by atoms with Crippen LogP contribution in [-0.4, -0.2) is 53.7 Å². The standard InChI is InChI=1S/C26H46O4Si2/c1-20-14-15-25(5)21(18-30-32(10,11)24(2,3)4)12-13-22(29-19-28-6)23(25)26(20,27)16-17-31(7,8)9/h12-14,21-23,27H,15,18-19H2,1-11H3/t21-,22+,23+,25+,26-/m1/s1. The zero-order chi connectivity index (χ0) is 24.6. The summed E-state index contributed by atoms with van der Waals surface area (Å²) in [6, 6.07) is 0. The summed E-state index contributed by atoms with van der Waals surface area (Å²) in [5.41, 5.74) is 2.90. The van der Waals surface area contributed by atoms with E-state index >= 15 is 0 Å². The summed E-state index contributed by atoms with van der Waals surface area (Å²) in [5.74, 6) is 3.33. The maximum Gasteiger partial charge on any atom is 0.192 e. The quantitative estimate of drug-likeness (QED) is 0.228. The van der Waals surface area contributed by atoms with Crippen molar-refractivity contribution in [1.29, 1.82) is 0 Å². The molecule has 0 aliphatic heterocycles. The number of allylic oxidation sites excluding steroid dienone is 1. The number of methoxy groups -OCH3 is 1. The van der Waals surface area contributed by atoms with Gasteiger partial charge in [0, 0.05) is 25.6 Å². The van der Waals surface area contributed by atoms with Crippen LogP contribution in [0.3, 0.4) is 0 Å². The van der Waals surface area contributed by atoms with Gasteiger partial charge in [0.05, 0.1) is 6.10 Å². The van der Waals surface area contributed by atoms with Crippen LogP contribution in [0, 0.1) is 28.7 Å². The molecule has 0 aromatic carbocycles. The van der Waals surface area contributed by atoms with Gasteiger partial charge in [0.2, 0.25) is 0 Å². The summed E-state index contributed by atoms with van der Waals surface area (Å²) >= 11 is 0. The van der Waals surface area contributed by atoms with Crippen molar-refractivity contribution in [2.24, 2.45) is 17.3 Å². The number of hydrogen-bond donors (Lipinski definition) is 1. The number of fused-ring (bicyclic) bond motifs is 1. The molecular weight excluding hydrogens is 432 g/mol. The first-order valence-corrected chi connectivity index (χ1v) is 18.3.